The van der Waals surface area contributed by atoms with E-state index in [9.17, 15) is 13.2 Å². The fourth-order valence-corrected chi connectivity index (χ4v) is 4.37. The van der Waals surface area contributed by atoms with Crippen LogP contribution < -0.4 is 23.8 Å². The Morgan fingerprint density at radius 2 is 1.87 bits per heavy atom. The zero-order valence-corrected chi connectivity index (χ0v) is 18.0. The molecule has 30 heavy (non-hydrogen) atoms. The largest absolute Gasteiger partial charge is 0.494 e. The van der Waals surface area contributed by atoms with Gasteiger partial charge in [-0.3, -0.25) is 9.10 Å². The van der Waals surface area contributed by atoms with E-state index in [0.29, 0.717) is 36.1 Å². The van der Waals surface area contributed by atoms with Crippen LogP contribution in [0.2, 0.25) is 0 Å². The Morgan fingerprint density at radius 3 is 2.50 bits per heavy atom. The van der Waals surface area contributed by atoms with Gasteiger partial charge in [0.15, 0.2) is 11.5 Å². The SMILES string of the molecule is CCOc1ccc(N([C@@H](C)C(=O)NC[C@@H]2COc3ccccc3O2)S(C)(=O)=O)cc1. The van der Waals surface area contributed by atoms with Crippen molar-refractivity contribution in [2.24, 2.45) is 0 Å². The van der Waals surface area contributed by atoms with Gasteiger partial charge in [0.05, 0.1) is 25.1 Å². The molecule has 9 heteroatoms. The number of fused-ring (bicyclic) bond motifs is 1. The van der Waals surface area contributed by atoms with Crippen molar-refractivity contribution in [3.05, 3.63) is 48.5 Å². The van der Waals surface area contributed by atoms with E-state index in [2.05, 4.69) is 5.32 Å². The number of amides is 1. The number of rotatable bonds is 8. The lowest BCUT2D eigenvalue weighted by molar-refractivity contribution is -0.122. The maximum Gasteiger partial charge on any atom is 0.243 e. The Bertz CT molecular complexity index is 977. The Labute approximate surface area is 176 Å². The van der Waals surface area contributed by atoms with Crippen molar-refractivity contribution in [3.63, 3.8) is 0 Å². The molecule has 0 saturated carbocycles. The molecule has 2 atom stereocenters. The van der Waals surface area contributed by atoms with Crippen molar-refractivity contribution in [1.82, 2.24) is 5.32 Å². The van der Waals surface area contributed by atoms with Crippen molar-refractivity contribution >= 4 is 21.6 Å². The molecular formula is C21H26N2O6S. The molecule has 2 aromatic carbocycles. The third kappa shape index (κ3) is 5.15. The van der Waals surface area contributed by atoms with Gasteiger partial charge in [0, 0.05) is 0 Å². The Morgan fingerprint density at radius 1 is 1.20 bits per heavy atom. The summed E-state index contributed by atoms with van der Waals surface area (Å²) in [6.07, 6.45) is 0.704. The molecule has 0 bridgehead atoms. The Balaban J connectivity index is 1.66. The molecule has 8 nitrogen and oxygen atoms in total. The molecule has 0 fully saturated rings. The van der Waals surface area contributed by atoms with E-state index in [0.717, 1.165) is 10.6 Å². The number of nitrogens with one attached hydrogen (secondary N) is 1. The van der Waals surface area contributed by atoms with Gasteiger partial charge in [-0.1, -0.05) is 12.1 Å². The summed E-state index contributed by atoms with van der Waals surface area (Å²) in [7, 11) is -3.69. The van der Waals surface area contributed by atoms with Crippen LogP contribution >= 0.6 is 0 Å². The summed E-state index contributed by atoms with van der Waals surface area (Å²) < 4.78 is 42.7. The highest BCUT2D eigenvalue weighted by molar-refractivity contribution is 7.92. The van der Waals surface area contributed by atoms with Crippen LogP contribution in [0.25, 0.3) is 0 Å². The van der Waals surface area contributed by atoms with Crippen LogP contribution in [0.5, 0.6) is 17.2 Å². The number of carbonyl (C=O) groups excluding carboxylic acids is 1. The molecule has 0 unspecified atom stereocenters. The first-order valence-corrected chi connectivity index (χ1v) is 11.5. The van der Waals surface area contributed by atoms with E-state index in [1.807, 2.05) is 25.1 Å². The number of nitrogens with zero attached hydrogens (tertiary/aromatic N) is 1. The molecule has 162 valence electrons. The van der Waals surface area contributed by atoms with Crippen molar-refractivity contribution in [2.45, 2.75) is 26.0 Å². The Kier molecular flexibility index (Phi) is 6.71. The highest BCUT2D eigenvalue weighted by atomic mass is 32.2. The second-order valence-electron chi connectivity index (χ2n) is 6.90. The number of benzene rings is 2. The van der Waals surface area contributed by atoms with Gasteiger partial charge in [0.2, 0.25) is 15.9 Å². The third-order valence-corrected chi connectivity index (χ3v) is 5.80. The fraction of sp³-hybridized carbons (Fsp3) is 0.381. The topological polar surface area (TPSA) is 94.2 Å². The summed E-state index contributed by atoms with van der Waals surface area (Å²) in [5, 5.41) is 2.76. The van der Waals surface area contributed by atoms with E-state index in [1.54, 1.807) is 37.3 Å². The van der Waals surface area contributed by atoms with Gasteiger partial charge in [0.25, 0.3) is 0 Å². The minimum atomic E-state index is -3.69. The van der Waals surface area contributed by atoms with Crippen molar-refractivity contribution in [3.8, 4) is 17.2 Å². The van der Waals surface area contributed by atoms with Gasteiger partial charge in [0.1, 0.15) is 24.5 Å². The second kappa shape index (κ2) is 9.25. The lowest BCUT2D eigenvalue weighted by Crippen LogP contribution is -2.50. The van der Waals surface area contributed by atoms with E-state index in [-0.39, 0.29) is 12.6 Å². The Hall–Kier alpha value is -2.94. The van der Waals surface area contributed by atoms with Crippen LogP contribution in [0.3, 0.4) is 0 Å². The molecular weight excluding hydrogens is 408 g/mol. The lowest BCUT2D eigenvalue weighted by Gasteiger charge is -2.30. The van der Waals surface area contributed by atoms with E-state index < -0.39 is 22.0 Å². The molecule has 1 amide bonds. The van der Waals surface area contributed by atoms with E-state index in [1.165, 1.54) is 0 Å². The van der Waals surface area contributed by atoms with Crippen LogP contribution in [0.4, 0.5) is 5.69 Å². The molecule has 1 N–H and O–H groups in total. The molecule has 0 aliphatic carbocycles. The minimum absolute atomic E-state index is 0.193. The van der Waals surface area contributed by atoms with Crippen LogP contribution in [-0.2, 0) is 14.8 Å². The quantitative estimate of drug-likeness (QED) is 0.685. The summed E-state index contributed by atoms with van der Waals surface area (Å²) in [4.78, 5) is 12.7. The van der Waals surface area contributed by atoms with Crippen molar-refractivity contribution in [1.29, 1.82) is 0 Å². The van der Waals surface area contributed by atoms with Crippen LogP contribution in [-0.4, -0.2) is 52.5 Å². The molecule has 3 rings (SSSR count). The molecule has 0 spiro atoms. The minimum Gasteiger partial charge on any atom is -0.494 e. The van der Waals surface area contributed by atoms with Gasteiger partial charge in [-0.05, 0) is 50.2 Å². The summed E-state index contributed by atoms with van der Waals surface area (Å²) in [5.74, 6) is 1.47. The summed E-state index contributed by atoms with van der Waals surface area (Å²) >= 11 is 0. The normalized spacial score (nSPS) is 16.4. The molecule has 1 heterocycles. The predicted molar refractivity (Wildman–Crippen MR) is 114 cm³/mol. The lowest BCUT2D eigenvalue weighted by atomic mass is 10.2. The first-order valence-electron chi connectivity index (χ1n) is 9.68. The maximum absolute atomic E-state index is 12.7. The standard InChI is InChI=1S/C21H26N2O6S/c1-4-27-17-11-9-16(10-12-17)23(30(3,25)26)15(2)21(24)22-13-18-14-28-19-7-5-6-8-20(19)29-18/h5-12,15,18H,4,13-14H2,1-3H3,(H,22,24)/t15-,18+/m0/s1. The first-order chi connectivity index (χ1) is 14.3. The predicted octanol–water partition coefficient (Wildman–Crippen LogP) is 2.20. The maximum atomic E-state index is 12.7. The average Bonchev–Trinajstić information content (AvgIpc) is 2.72. The van der Waals surface area contributed by atoms with Gasteiger partial charge >= 0.3 is 0 Å². The molecule has 1 aliphatic heterocycles. The number of hydrogen-bond donors (Lipinski definition) is 1. The smallest absolute Gasteiger partial charge is 0.243 e. The number of sulfonamides is 1. The third-order valence-electron chi connectivity index (χ3n) is 4.56. The van der Waals surface area contributed by atoms with Gasteiger partial charge in [-0.25, -0.2) is 8.42 Å². The van der Waals surface area contributed by atoms with E-state index in [4.69, 9.17) is 14.2 Å². The molecule has 0 radical (unpaired) electrons. The number of carbonyl (C=O) groups is 1. The first kappa shape index (κ1) is 21.8. The monoisotopic (exact) mass is 434 g/mol. The molecule has 1 aliphatic rings. The number of hydrogen-bond acceptors (Lipinski definition) is 6. The highest BCUT2D eigenvalue weighted by Gasteiger charge is 2.30. The average molecular weight is 435 g/mol. The summed E-state index contributed by atoms with van der Waals surface area (Å²) in [6, 6.07) is 12.9. The molecule has 0 aromatic heterocycles. The van der Waals surface area contributed by atoms with Crippen LogP contribution in [0, 0.1) is 0 Å². The number of anilines is 1. The fourth-order valence-electron chi connectivity index (χ4n) is 3.19. The highest BCUT2D eigenvalue weighted by Crippen LogP contribution is 2.30. The number of para-hydroxylation sites is 2. The van der Waals surface area contributed by atoms with Crippen LogP contribution in [0.15, 0.2) is 48.5 Å². The van der Waals surface area contributed by atoms with Gasteiger partial charge < -0.3 is 19.5 Å². The van der Waals surface area contributed by atoms with Crippen molar-refractivity contribution in [2.75, 3.05) is 30.3 Å². The molecule has 2 aromatic rings. The summed E-state index contributed by atoms with van der Waals surface area (Å²) in [5.41, 5.74) is 0.384. The zero-order chi connectivity index (χ0) is 21.7. The van der Waals surface area contributed by atoms with Gasteiger partial charge in [-0.2, -0.15) is 0 Å². The molecule has 0 saturated heterocycles. The number of ether oxygens (including phenoxy) is 3. The van der Waals surface area contributed by atoms with Crippen LogP contribution in [0.1, 0.15) is 13.8 Å². The van der Waals surface area contributed by atoms with Gasteiger partial charge in [-0.15, -0.1) is 0 Å². The van der Waals surface area contributed by atoms with Crippen molar-refractivity contribution < 1.29 is 27.4 Å². The van der Waals surface area contributed by atoms with E-state index >= 15 is 0 Å². The second-order valence-corrected chi connectivity index (χ2v) is 8.76. The summed E-state index contributed by atoms with van der Waals surface area (Å²) in [6.45, 7) is 4.40. The zero-order valence-electron chi connectivity index (χ0n) is 17.2.